The molecule has 1 rings (SSSR count). The number of rotatable bonds is 5. The second kappa shape index (κ2) is 5.84. The van der Waals surface area contributed by atoms with Crippen molar-refractivity contribution in [2.24, 2.45) is 5.73 Å². The van der Waals surface area contributed by atoms with Gasteiger partial charge >= 0.3 is 0 Å². The molecule has 0 heterocycles. The van der Waals surface area contributed by atoms with Crippen LogP contribution in [0.3, 0.4) is 0 Å². The first kappa shape index (κ1) is 13.7. The van der Waals surface area contributed by atoms with Gasteiger partial charge in [0.2, 0.25) is 11.8 Å². The summed E-state index contributed by atoms with van der Waals surface area (Å²) in [6.45, 7) is 2.05. The summed E-state index contributed by atoms with van der Waals surface area (Å²) >= 11 is 1.96. The molecule has 92 valence electrons. The van der Waals surface area contributed by atoms with Crippen LogP contribution in [0.2, 0.25) is 0 Å². The third-order valence-electron chi connectivity index (χ3n) is 3.23. The molecule has 0 radical (unpaired) electrons. The van der Waals surface area contributed by atoms with Crippen LogP contribution in [0.25, 0.3) is 0 Å². The molecule has 0 saturated heterocycles. The van der Waals surface area contributed by atoms with Crippen molar-refractivity contribution in [2.75, 3.05) is 0 Å². The summed E-state index contributed by atoms with van der Waals surface area (Å²) in [6.07, 6.45) is 5.74. The number of carbonyl (C=O) groups excluding carboxylic acids is 2. The number of amides is 2. The average molecular weight is 338 g/mol. The lowest BCUT2D eigenvalue weighted by atomic mass is 9.96. The van der Waals surface area contributed by atoms with Crippen LogP contribution in [-0.4, -0.2) is 20.5 Å². The van der Waals surface area contributed by atoms with Gasteiger partial charge in [-0.2, -0.15) is 0 Å². The van der Waals surface area contributed by atoms with Gasteiger partial charge in [0.05, 0.1) is 22.9 Å². The van der Waals surface area contributed by atoms with E-state index in [1.165, 1.54) is 0 Å². The van der Waals surface area contributed by atoms with Gasteiger partial charge in [0.25, 0.3) is 0 Å². The van der Waals surface area contributed by atoms with Gasteiger partial charge in [-0.3, -0.25) is 12.7 Å². The van der Waals surface area contributed by atoms with Crippen LogP contribution in [0.15, 0.2) is 0 Å². The Hall–Kier alpha value is -0.330. The molecule has 1 aliphatic rings. The van der Waals surface area contributed by atoms with Crippen LogP contribution < -0.4 is 5.73 Å². The van der Waals surface area contributed by atoms with Crippen molar-refractivity contribution in [1.29, 1.82) is 0 Å². The minimum atomic E-state index is -0.717. The summed E-state index contributed by atoms with van der Waals surface area (Å²) in [6, 6.07) is 0. The lowest BCUT2D eigenvalue weighted by molar-refractivity contribution is -0.137. The third-order valence-corrected chi connectivity index (χ3v) is 4.69. The van der Waals surface area contributed by atoms with Crippen molar-refractivity contribution >= 4 is 34.7 Å². The first-order chi connectivity index (χ1) is 7.54. The predicted octanol–water partition coefficient (Wildman–Crippen LogP) is 2.15. The quantitative estimate of drug-likeness (QED) is 0.617. The van der Waals surface area contributed by atoms with E-state index in [1.54, 1.807) is 3.11 Å². The molecule has 16 heavy (non-hydrogen) atoms. The number of halogens is 1. The van der Waals surface area contributed by atoms with Gasteiger partial charge in [0.15, 0.2) is 0 Å². The van der Waals surface area contributed by atoms with E-state index >= 15 is 0 Å². The summed E-state index contributed by atoms with van der Waals surface area (Å²) in [5.41, 5.74) is 4.75. The molecule has 1 saturated carbocycles. The van der Waals surface area contributed by atoms with Gasteiger partial charge in [0, 0.05) is 6.42 Å². The molecule has 2 N–H and O–H groups in total. The SMILES string of the molecule is CCCCC(=O)N(I)C1(C(N)=O)CCCC1. The summed E-state index contributed by atoms with van der Waals surface area (Å²) in [7, 11) is 0. The number of nitrogens with two attached hydrogens (primary N) is 1. The number of nitrogens with zero attached hydrogens (tertiary/aromatic N) is 1. The van der Waals surface area contributed by atoms with E-state index in [1.807, 2.05) is 29.8 Å². The Morgan fingerprint density at radius 3 is 2.38 bits per heavy atom. The monoisotopic (exact) mass is 338 g/mol. The molecule has 0 aromatic rings. The maximum Gasteiger partial charge on any atom is 0.244 e. The topological polar surface area (TPSA) is 63.4 Å². The third kappa shape index (κ3) is 2.67. The highest BCUT2D eigenvalue weighted by molar-refractivity contribution is 14.1. The molecule has 0 aromatic heterocycles. The zero-order valence-corrected chi connectivity index (χ0v) is 11.8. The zero-order valence-electron chi connectivity index (χ0n) is 9.67. The van der Waals surface area contributed by atoms with Crippen molar-refractivity contribution < 1.29 is 9.59 Å². The van der Waals surface area contributed by atoms with Gasteiger partial charge in [0.1, 0.15) is 5.54 Å². The fourth-order valence-electron chi connectivity index (χ4n) is 2.16. The Bertz CT molecular complexity index is 275. The Kier molecular flexibility index (Phi) is 5.01. The minimum Gasteiger partial charge on any atom is -0.368 e. The van der Waals surface area contributed by atoms with Gasteiger partial charge < -0.3 is 5.73 Å². The number of hydrogen-bond acceptors (Lipinski definition) is 2. The van der Waals surface area contributed by atoms with E-state index in [0.29, 0.717) is 19.3 Å². The highest BCUT2D eigenvalue weighted by Gasteiger charge is 2.46. The molecular weight excluding hydrogens is 319 g/mol. The van der Waals surface area contributed by atoms with E-state index in [4.69, 9.17) is 5.73 Å². The molecule has 0 spiro atoms. The van der Waals surface area contributed by atoms with Crippen LogP contribution in [0.1, 0.15) is 51.9 Å². The molecule has 1 aliphatic carbocycles. The second-order valence-corrected chi connectivity index (χ2v) is 5.35. The fraction of sp³-hybridized carbons (Fsp3) is 0.818. The van der Waals surface area contributed by atoms with Crippen LogP contribution in [0.5, 0.6) is 0 Å². The maximum absolute atomic E-state index is 11.9. The molecule has 0 bridgehead atoms. The molecule has 0 unspecified atom stereocenters. The summed E-state index contributed by atoms with van der Waals surface area (Å²) in [5.74, 6) is -0.326. The predicted molar refractivity (Wildman–Crippen MR) is 70.8 cm³/mol. The van der Waals surface area contributed by atoms with Crippen molar-refractivity contribution in [3.63, 3.8) is 0 Å². The molecule has 1 fully saturated rings. The van der Waals surface area contributed by atoms with Crippen molar-refractivity contribution in [3.8, 4) is 0 Å². The van der Waals surface area contributed by atoms with Gasteiger partial charge in [-0.15, -0.1) is 0 Å². The minimum absolute atomic E-state index is 0.0307. The molecule has 0 atom stereocenters. The lowest BCUT2D eigenvalue weighted by Gasteiger charge is -2.33. The standard InChI is InChI=1S/C11H19IN2O2/c1-2-3-6-9(15)14(12)11(10(13)16)7-4-5-8-11/h2-8H2,1H3,(H2,13,16). The van der Waals surface area contributed by atoms with E-state index < -0.39 is 5.54 Å². The van der Waals surface area contributed by atoms with Crippen molar-refractivity contribution in [1.82, 2.24) is 3.11 Å². The highest BCUT2D eigenvalue weighted by atomic mass is 127. The van der Waals surface area contributed by atoms with Crippen LogP contribution in [0, 0.1) is 0 Å². The van der Waals surface area contributed by atoms with Crippen LogP contribution >= 0.6 is 22.9 Å². The van der Waals surface area contributed by atoms with E-state index in [-0.39, 0.29) is 11.8 Å². The van der Waals surface area contributed by atoms with Gasteiger partial charge in [-0.25, -0.2) is 0 Å². The first-order valence-electron chi connectivity index (χ1n) is 5.83. The molecule has 0 aromatic carbocycles. The summed E-state index contributed by atoms with van der Waals surface area (Å²) in [5, 5.41) is 0. The molecular formula is C11H19IN2O2. The van der Waals surface area contributed by atoms with Crippen LogP contribution in [-0.2, 0) is 9.59 Å². The second-order valence-electron chi connectivity index (χ2n) is 4.38. The van der Waals surface area contributed by atoms with E-state index in [9.17, 15) is 9.59 Å². The molecule has 0 aliphatic heterocycles. The Morgan fingerprint density at radius 1 is 1.38 bits per heavy atom. The largest absolute Gasteiger partial charge is 0.368 e. The Morgan fingerprint density at radius 2 is 1.94 bits per heavy atom. The van der Waals surface area contributed by atoms with Crippen molar-refractivity contribution in [2.45, 2.75) is 57.4 Å². The smallest absolute Gasteiger partial charge is 0.244 e. The molecule has 5 heteroatoms. The van der Waals surface area contributed by atoms with Crippen molar-refractivity contribution in [3.05, 3.63) is 0 Å². The number of hydrogen-bond donors (Lipinski definition) is 1. The summed E-state index contributed by atoms with van der Waals surface area (Å²) in [4.78, 5) is 23.5. The normalized spacial score (nSPS) is 18.4. The number of unbranched alkanes of at least 4 members (excludes halogenated alkanes) is 1. The highest BCUT2D eigenvalue weighted by Crippen LogP contribution is 2.37. The molecule has 2 amide bonds. The summed E-state index contributed by atoms with van der Waals surface area (Å²) < 4.78 is 1.57. The number of carbonyl (C=O) groups is 2. The average Bonchev–Trinajstić information content (AvgIpc) is 2.75. The lowest BCUT2D eigenvalue weighted by Crippen LogP contribution is -2.53. The van der Waals surface area contributed by atoms with Crippen LogP contribution in [0.4, 0.5) is 0 Å². The van der Waals surface area contributed by atoms with E-state index in [2.05, 4.69) is 0 Å². The maximum atomic E-state index is 11.9. The van der Waals surface area contributed by atoms with Gasteiger partial charge in [-0.05, 0) is 19.3 Å². The number of primary amides is 1. The zero-order chi connectivity index (χ0) is 12.2. The fourth-order valence-corrected chi connectivity index (χ4v) is 3.13. The Labute approximate surface area is 110 Å². The van der Waals surface area contributed by atoms with Gasteiger partial charge in [-0.1, -0.05) is 26.2 Å². The first-order valence-corrected chi connectivity index (χ1v) is 6.80. The Balaban J connectivity index is 2.71. The van der Waals surface area contributed by atoms with E-state index in [0.717, 1.165) is 25.7 Å². The molecule has 4 nitrogen and oxygen atoms in total.